The molecule has 7 rings (SSSR count). The fourth-order valence-corrected chi connectivity index (χ4v) is 5.82. The summed E-state index contributed by atoms with van der Waals surface area (Å²) < 4.78 is 0. The van der Waals surface area contributed by atoms with Crippen LogP contribution in [0.15, 0.2) is 41.2 Å². The Hall–Kier alpha value is -4.25. The predicted octanol–water partition coefficient (Wildman–Crippen LogP) is 4.21. The number of pyridine rings is 1. The van der Waals surface area contributed by atoms with Gasteiger partial charge in [0.1, 0.15) is 0 Å². The van der Waals surface area contributed by atoms with Crippen LogP contribution in [0.25, 0.3) is 60.4 Å². The molecular formula is C27H16N2O3. The van der Waals surface area contributed by atoms with Gasteiger partial charge in [0.2, 0.25) is 0 Å². The van der Waals surface area contributed by atoms with Gasteiger partial charge in [-0.25, -0.2) is 0 Å². The van der Waals surface area contributed by atoms with E-state index in [2.05, 4.69) is 29.9 Å². The Labute approximate surface area is 180 Å². The van der Waals surface area contributed by atoms with E-state index in [1.165, 1.54) is 0 Å². The minimum atomic E-state index is -0.371. The minimum absolute atomic E-state index is 0.154. The smallest absolute Gasteiger partial charge is 0.258 e. The average Bonchev–Trinajstić information content (AvgIpc) is 2.76. The molecule has 0 fully saturated rings. The van der Waals surface area contributed by atoms with Crippen molar-refractivity contribution in [2.45, 2.75) is 13.8 Å². The van der Waals surface area contributed by atoms with Gasteiger partial charge in [0.05, 0.1) is 0 Å². The predicted molar refractivity (Wildman–Crippen MR) is 128 cm³/mol. The number of nitrogens with one attached hydrogen (secondary N) is 2. The second-order valence-corrected chi connectivity index (χ2v) is 8.77. The maximum atomic E-state index is 12.8. The van der Waals surface area contributed by atoms with Crippen molar-refractivity contribution >= 4 is 72.3 Å². The molecule has 0 atom stereocenters. The van der Waals surface area contributed by atoms with Crippen LogP contribution >= 0.6 is 0 Å². The molecule has 1 aliphatic heterocycles. The Morgan fingerprint density at radius 3 is 1.97 bits per heavy atom. The molecule has 5 nitrogen and oxygen atoms in total. The van der Waals surface area contributed by atoms with Gasteiger partial charge in [0.15, 0.2) is 0 Å². The van der Waals surface area contributed by atoms with Gasteiger partial charge in [0.25, 0.3) is 17.4 Å². The molecule has 0 bridgehead atoms. The zero-order valence-corrected chi connectivity index (χ0v) is 17.4. The van der Waals surface area contributed by atoms with Crippen molar-refractivity contribution in [1.29, 1.82) is 0 Å². The summed E-state index contributed by atoms with van der Waals surface area (Å²) >= 11 is 0. The number of hydrogen-bond acceptors (Lipinski definition) is 3. The normalized spacial score (nSPS) is 13.9. The summed E-state index contributed by atoms with van der Waals surface area (Å²) in [5, 5.41) is 12.2. The van der Waals surface area contributed by atoms with E-state index in [9.17, 15) is 14.4 Å². The molecule has 0 saturated heterocycles. The summed E-state index contributed by atoms with van der Waals surface area (Å²) in [6.45, 7) is 8.12. The number of aromatic amines is 1. The first-order valence-corrected chi connectivity index (χ1v) is 10.4. The lowest BCUT2D eigenvalue weighted by molar-refractivity contribution is 0.0845. The van der Waals surface area contributed by atoms with Crippen molar-refractivity contribution in [3.05, 3.63) is 74.4 Å². The molecule has 5 aromatic carbocycles. The third kappa shape index (κ3) is 1.79. The zero-order chi connectivity index (χ0) is 22.0. The second kappa shape index (κ2) is 5.32. The van der Waals surface area contributed by atoms with Crippen LogP contribution in [0.1, 0.15) is 31.8 Å². The zero-order valence-electron chi connectivity index (χ0n) is 17.4. The number of rotatable bonds is 0. The lowest BCUT2D eigenvalue weighted by Crippen LogP contribution is -2.34. The number of aromatic nitrogens is 1. The van der Waals surface area contributed by atoms with Crippen molar-refractivity contribution in [1.82, 2.24) is 10.3 Å². The molecule has 2 amide bonds. The summed E-state index contributed by atoms with van der Waals surface area (Å²) in [6.07, 6.45) is 0. The van der Waals surface area contributed by atoms with Gasteiger partial charge >= 0.3 is 0 Å². The van der Waals surface area contributed by atoms with Crippen molar-refractivity contribution in [3.63, 3.8) is 0 Å². The van der Waals surface area contributed by atoms with E-state index in [0.29, 0.717) is 27.2 Å². The largest absolute Gasteiger partial charge is 0.322 e. The maximum Gasteiger partial charge on any atom is 0.258 e. The van der Waals surface area contributed by atoms with Crippen LogP contribution in [-0.4, -0.2) is 16.8 Å². The van der Waals surface area contributed by atoms with Crippen LogP contribution in [0.2, 0.25) is 0 Å². The third-order valence-electron chi connectivity index (χ3n) is 7.05. The van der Waals surface area contributed by atoms with E-state index in [1.807, 2.05) is 31.2 Å². The van der Waals surface area contributed by atoms with Crippen LogP contribution in [-0.2, 0) is 0 Å². The van der Waals surface area contributed by atoms with Crippen LogP contribution in [0, 0.1) is 13.8 Å². The second-order valence-electron chi connectivity index (χ2n) is 8.77. The first-order chi connectivity index (χ1) is 15.4. The first kappa shape index (κ1) is 17.4. The quantitative estimate of drug-likeness (QED) is 0.221. The lowest BCUT2D eigenvalue weighted by Gasteiger charge is -2.23. The number of carbonyl (C=O) groups is 2. The van der Waals surface area contributed by atoms with Gasteiger partial charge < -0.3 is 4.98 Å². The summed E-state index contributed by atoms with van der Waals surface area (Å²) in [6, 6.07) is 11.6. The highest BCUT2D eigenvalue weighted by atomic mass is 16.2. The van der Waals surface area contributed by atoms with Crippen molar-refractivity contribution < 1.29 is 9.59 Å². The molecule has 0 aliphatic carbocycles. The summed E-state index contributed by atoms with van der Waals surface area (Å²) in [4.78, 5) is 40.9. The maximum absolute atomic E-state index is 12.8. The van der Waals surface area contributed by atoms with Gasteiger partial charge in [-0.1, -0.05) is 18.7 Å². The summed E-state index contributed by atoms with van der Waals surface area (Å²) in [5.74, 6) is -0.736. The van der Waals surface area contributed by atoms with E-state index < -0.39 is 0 Å². The Morgan fingerprint density at radius 1 is 0.625 bits per heavy atom. The van der Waals surface area contributed by atoms with Gasteiger partial charge in [-0.05, 0) is 81.6 Å². The molecule has 2 heterocycles. The highest BCUT2D eigenvalue weighted by Gasteiger charge is 2.29. The van der Waals surface area contributed by atoms with Gasteiger partial charge in [-0.2, -0.15) is 0 Å². The van der Waals surface area contributed by atoms with Crippen LogP contribution in [0.5, 0.6) is 0 Å². The SMILES string of the molecule is C=c1[nH]c(=O)c2ccc3c4c(C)cc5c6c(ccc(c7c(C)cc1c2c37)c64)C(=O)NC5=O. The highest BCUT2D eigenvalue weighted by molar-refractivity contribution is 6.41. The highest BCUT2D eigenvalue weighted by Crippen LogP contribution is 2.46. The number of benzene rings is 5. The Bertz CT molecular complexity index is 2000. The Balaban J connectivity index is 1.93. The van der Waals surface area contributed by atoms with Crippen LogP contribution < -0.4 is 16.2 Å². The minimum Gasteiger partial charge on any atom is -0.322 e. The molecule has 152 valence electrons. The van der Waals surface area contributed by atoms with Gasteiger partial charge in [-0.15, -0.1) is 0 Å². The molecule has 1 aliphatic rings. The lowest BCUT2D eigenvalue weighted by atomic mass is 9.81. The molecule has 0 unspecified atom stereocenters. The molecule has 0 spiro atoms. The van der Waals surface area contributed by atoms with Gasteiger partial charge in [0, 0.05) is 38.0 Å². The van der Waals surface area contributed by atoms with E-state index >= 15 is 0 Å². The number of amides is 2. The molecule has 0 saturated carbocycles. The summed E-state index contributed by atoms with van der Waals surface area (Å²) in [7, 11) is 0. The monoisotopic (exact) mass is 416 g/mol. The number of imide groups is 1. The van der Waals surface area contributed by atoms with E-state index in [-0.39, 0.29) is 17.4 Å². The molecule has 32 heavy (non-hydrogen) atoms. The van der Waals surface area contributed by atoms with Crippen molar-refractivity contribution in [2.75, 3.05) is 0 Å². The standard InChI is InChI=1S/C27H16N2O3/c1-10-8-17-12(3)28-25(30)15-6-4-13-20-11(2)9-18-22-16(26(31)29-27(18)32)7-5-14(24(20)22)19(10)23(13)21(15)17/h4-9H,3H2,1-2H3,(H,28,30)(H,29,31,32). The molecule has 6 aromatic rings. The number of H-pyrrole nitrogens is 1. The third-order valence-corrected chi connectivity index (χ3v) is 7.05. The van der Waals surface area contributed by atoms with E-state index in [1.54, 1.807) is 6.07 Å². The molecule has 0 radical (unpaired) electrons. The molecule has 2 N–H and O–H groups in total. The summed E-state index contributed by atoms with van der Waals surface area (Å²) in [5.41, 5.74) is 2.90. The fourth-order valence-electron chi connectivity index (χ4n) is 5.82. The number of fused-ring (bicyclic) bond motifs is 2. The van der Waals surface area contributed by atoms with E-state index in [0.717, 1.165) is 54.2 Å². The van der Waals surface area contributed by atoms with Gasteiger partial charge in [-0.3, -0.25) is 19.7 Å². The topological polar surface area (TPSA) is 79.0 Å². The number of aryl methyl sites for hydroxylation is 2. The Kier molecular flexibility index (Phi) is 2.90. The van der Waals surface area contributed by atoms with Crippen LogP contribution in [0.3, 0.4) is 0 Å². The van der Waals surface area contributed by atoms with Crippen molar-refractivity contribution in [3.8, 4) is 0 Å². The number of carbonyl (C=O) groups excluding carboxylic acids is 2. The van der Waals surface area contributed by atoms with E-state index in [4.69, 9.17) is 0 Å². The Morgan fingerprint density at radius 2 is 1.22 bits per heavy atom. The first-order valence-electron chi connectivity index (χ1n) is 10.4. The number of hydrogen-bond donors (Lipinski definition) is 2. The molecular weight excluding hydrogens is 400 g/mol. The molecule has 1 aromatic heterocycles. The van der Waals surface area contributed by atoms with Crippen LogP contribution in [0.4, 0.5) is 0 Å². The fraction of sp³-hybridized carbons (Fsp3) is 0.0741. The van der Waals surface area contributed by atoms with Crippen molar-refractivity contribution in [2.24, 2.45) is 0 Å². The molecule has 5 heteroatoms. The average molecular weight is 416 g/mol.